The van der Waals surface area contributed by atoms with E-state index in [2.05, 4.69) is 0 Å². The van der Waals surface area contributed by atoms with Crippen LogP contribution in [0.5, 0.6) is 0 Å². The Hall–Kier alpha value is -1.06. The zero-order valence-corrected chi connectivity index (χ0v) is 8.82. The highest BCUT2D eigenvalue weighted by atomic mass is 16.4. The number of rotatable bonds is 2. The second-order valence-electron chi connectivity index (χ2n) is 4.23. The summed E-state index contributed by atoms with van der Waals surface area (Å²) in [4.78, 5) is 22.0. The standard InChI is InChI=1S/C11H18O4/c12-10(13)8-6-4-2-1-3-5-7-9(8)11(14)15/h8-9H,1-7H2,(H,12,13)(H,14,15). The highest BCUT2D eigenvalue weighted by molar-refractivity contribution is 5.79. The van der Waals surface area contributed by atoms with Gasteiger partial charge in [-0.2, -0.15) is 0 Å². The first-order valence-electron chi connectivity index (χ1n) is 5.58. The SMILES string of the molecule is O=C(O)C1CCCCCCCC1C(=O)O. The van der Waals surface area contributed by atoms with Gasteiger partial charge in [0.2, 0.25) is 0 Å². The van der Waals surface area contributed by atoms with E-state index in [0.29, 0.717) is 12.8 Å². The van der Waals surface area contributed by atoms with E-state index in [1.54, 1.807) is 0 Å². The number of carbonyl (C=O) groups is 2. The van der Waals surface area contributed by atoms with E-state index in [-0.39, 0.29) is 0 Å². The summed E-state index contributed by atoms with van der Waals surface area (Å²) in [5.74, 6) is -3.30. The van der Waals surface area contributed by atoms with Crippen molar-refractivity contribution in [2.45, 2.75) is 44.9 Å². The van der Waals surface area contributed by atoms with Crippen LogP contribution < -0.4 is 0 Å². The van der Waals surface area contributed by atoms with Gasteiger partial charge in [0.05, 0.1) is 11.8 Å². The lowest BCUT2D eigenvalue weighted by molar-refractivity contribution is -0.154. The fraction of sp³-hybridized carbons (Fsp3) is 0.818. The maximum Gasteiger partial charge on any atom is 0.307 e. The molecule has 1 aliphatic carbocycles. The van der Waals surface area contributed by atoms with Crippen LogP contribution in [-0.2, 0) is 9.59 Å². The average Bonchev–Trinajstić information content (AvgIpc) is 2.27. The molecule has 0 aliphatic heterocycles. The van der Waals surface area contributed by atoms with E-state index in [9.17, 15) is 9.59 Å². The first-order chi connectivity index (χ1) is 7.13. The van der Waals surface area contributed by atoms with Crippen molar-refractivity contribution in [3.63, 3.8) is 0 Å². The van der Waals surface area contributed by atoms with Gasteiger partial charge in [0.15, 0.2) is 0 Å². The molecule has 0 aromatic rings. The van der Waals surface area contributed by atoms with Crippen molar-refractivity contribution in [3.8, 4) is 0 Å². The fourth-order valence-corrected chi connectivity index (χ4v) is 2.25. The van der Waals surface area contributed by atoms with Gasteiger partial charge in [-0.1, -0.05) is 32.1 Å². The van der Waals surface area contributed by atoms with Crippen LogP contribution in [-0.4, -0.2) is 22.2 Å². The van der Waals surface area contributed by atoms with E-state index in [1.165, 1.54) is 0 Å². The monoisotopic (exact) mass is 214 g/mol. The van der Waals surface area contributed by atoms with Crippen LogP contribution in [0.2, 0.25) is 0 Å². The summed E-state index contributed by atoms with van der Waals surface area (Å²) in [6, 6.07) is 0. The number of carboxylic acids is 2. The van der Waals surface area contributed by atoms with Crippen LogP contribution in [0.3, 0.4) is 0 Å². The molecule has 2 atom stereocenters. The minimum Gasteiger partial charge on any atom is -0.481 e. The van der Waals surface area contributed by atoms with Crippen molar-refractivity contribution >= 4 is 11.9 Å². The maximum atomic E-state index is 11.0. The molecule has 0 amide bonds. The van der Waals surface area contributed by atoms with Gasteiger partial charge in [-0.05, 0) is 12.8 Å². The average molecular weight is 214 g/mol. The molecule has 86 valence electrons. The number of aliphatic carboxylic acids is 2. The van der Waals surface area contributed by atoms with Crippen LogP contribution in [0, 0.1) is 11.8 Å². The molecule has 2 unspecified atom stereocenters. The Labute approximate surface area is 89.3 Å². The molecule has 0 spiro atoms. The van der Waals surface area contributed by atoms with Crippen molar-refractivity contribution < 1.29 is 19.8 Å². The summed E-state index contributed by atoms with van der Waals surface area (Å²) in [6.45, 7) is 0. The second-order valence-corrected chi connectivity index (χ2v) is 4.23. The van der Waals surface area contributed by atoms with Gasteiger partial charge in [-0.15, -0.1) is 0 Å². The number of hydrogen-bond donors (Lipinski definition) is 2. The summed E-state index contributed by atoms with van der Waals surface area (Å²) in [5, 5.41) is 18.0. The first kappa shape index (κ1) is 12.0. The predicted octanol–water partition coefficient (Wildman–Crippen LogP) is 2.13. The molecule has 0 radical (unpaired) electrons. The van der Waals surface area contributed by atoms with Gasteiger partial charge in [-0.3, -0.25) is 9.59 Å². The highest BCUT2D eigenvalue weighted by Crippen LogP contribution is 2.27. The molecule has 1 saturated carbocycles. The summed E-state index contributed by atoms with van der Waals surface area (Å²) in [7, 11) is 0. The van der Waals surface area contributed by atoms with E-state index in [0.717, 1.165) is 32.1 Å². The lowest BCUT2D eigenvalue weighted by atomic mass is 9.85. The second kappa shape index (κ2) is 5.73. The number of hydrogen-bond acceptors (Lipinski definition) is 2. The quantitative estimate of drug-likeness (QED) is 0.738. The molecule has 0 aromatic heterocycles. The van der Waals surface area contributed by atoms with E-state index < -0.39 is 23.8 Å². The Balaban J connectivity index is 2.72. The molecule has 2 N–H and O–H groups in total. The smallest absolute Gasteiger partial charge is 0.307 e. The van der Waals surface area contributed by atoms with Crippen molar-refractivity contribution in [1.82, 2.24) is 0 Å². The molecule has 1 aliphatic rings. The zero-order valence-electron chi connectivity index (χ0n) is 8.82. The third-order valence-electron chi connectivity index (χ3n) is 3.15. The van der Waals surface area contributed by atoms with Gasteiger partial charge in [0.1, 0.15) is 0 Å². The van der Waals surface area contributed by atoms with Crippen LogP contribution >= 0.6 is 0 Å². The largest absolute Gasteiger partial charge is 0.481 e. The van der Waals surface area contributed by atoms with Gasteiger partial charge < -0.3 is 10.2 Å². The molecule has 1 fully saturated rings. The first-order valence-corrected chi connectivity index (χ1v) is 5.58. The number of carboxylic acid groups (broad SMARTS) is 2. The van der Waals surface area contributed by atoms with Crippen LogP contribution in [0.25, 0.3) is 0 Å². The van der Waals surface area contributed by atoms with E-state index in [4.69, 9.17) is 10.2 Å². The van der Waals surface area contributed by atoms with Crippen molar-refractivity contribution in [2.75, 3.05) is 0 Å². The van der Waals surface area contributed by atoms with Gasteiger partial charge in [-0.25, -0.2) is 0 Å². The fourth-order valence-electron chi connectivity index (χ4n) is 2.25. The summed E-state index contributed by atoms with van der Waals surface area (Å²) in [6.07, 6.45) is 5.82. The van der Waals surface area contributed by atoms with E-state index >= 15 is 0 Å². The molecule has 0 bridgehead atoms. The zero-order chi connectivity index (χ0) is 11.3. The summed E-state index contributed by atoms with van der Waals surface area (Å²) in [5.41, 5.74) is 0. The molecule has 0 aromatic carbocycles. The van der Waals surface area contributed by atoms with Crippen LogP contribution in [0.15, 0.2) is 0 Å². The molecule has 0 saturated heterocycles. The Morgan fingerprint density at radius 3 is 1.40 bits per heavy atom. The van der Waals surface area contributed by atoms with Gasteiger partial charge in [0, 0.05) is 0 Å². The maximum absolute atomic E-state index is 11.0. The minimum atomic E-state index is -0.954. The molecule has 4 heteroatoms. The normalized spacial score (nSPS) is 28.5. The highest BCUT2D eigenvalue weighted by Gasteiger charge is 2.33. The molecular weight excluding hydrogens is 196 g/mol. The summed E-state index contributed by atoms with van der Waals surface area (Å²) < 4.78 is 0. The van der Waals surface area contributed by atoms with Crippen molar-refractivity contribution in [2.24, 2.45) is 11.8 Å². The van der Waals surface area contributed by atoms with Gasteiger partial charge in [0.25, 0.3) is 0 Å². The van der Waals surface area contributed by atoms with E-state index in [1.807, 2.05) is 0 Å². The van der Waals surface area contributed by atoms with Crippen LogP contribution in [0.4, 0.5) is 0 Å². The molecule has 0 heterocycles. The topological polar surface area (TPSA) is 74.6 Å². The van der Waals surface area contributed by atoms with Gasteiger partial charge >= 0.3 is 11.9 Å². The predicted molar refractivity (Wildman–Crippen MR) is 54.6 cm³/mol. The molecular formula is C11H18O4. The molecule has 15 heavy (non-hydrogen) atoms. The third-order valence-corrected chi connectivity index (χ3v) is 3.15. The van der Waals surface area contributed by atoms with Crippen molar-refractivity contribution in [3.05, 3.63) is 0 Å². The van der Waals surface area contributed by atoms with Crippen molar-refractivity contribution in [1.29, 1.82) is 0 Å². The Bertz CT molecular complexity index is 213. The Morgan fingerprint density at radius 1 is 0.733 bits per heavy atom. The molecule has 4 nitrogen and oxygen atoms in total. The van der Waals surface area contributed by atoms with Crippen LogP contribution in [0.1, 0.15) is 44.9 Å². The lowest BCUT2D eigenvalue weighted by Crippen LogP contribution is -2.29. The summed E-state index contributed by atoms with van der Waals surface area (Å²) >= 11 is 0. The third kappa shape index (κ3) is 3.53. The Kier molecular flexibility index (Phi) is 4.59. The minimum absolute atomic E-state index is 0.506. The lowest BCUT2D eigenvalue weighted by Gasteiger charge is -2.18. The molecule has 1 rings (SSSR count). The Morgan fingerprint density at radius 2 is 1.07 bits per heavy atom.